The fraction of sp³-hybridized carbons (Fsp3) is 0.562. The van der Waals surface area contributed by atoms with Gasteiger partial charge in [-0.15, -0.1) is 12.4 Å². The highest BCUT2D eigenvalue weighted by Crippen LogP contribution is 2.21. The third kappa shape index (κ3) is 5.54. The van der Waals surface area contributed by atoms with Gasteiger partial charge in [-0.2, -0.15) is 0 Å². The van der Waals surface area contributed by atoms with Gasteiger partial charge in [0.15, 0.2) is 0 Å². The van der Waals surface area contributed by atoms with Crippen LogP contribution in [0.1, 0.15) is 25.3 Å². The number of anilines is 1. The van der Waals surface area contributed by atoms with E-state index in [1.54, 1.807) is 0 Å². The molecule has 1 fully saturated rings. The van der Waals surface area contributed by atoms with Gasteiger partial charge in [0.05, 0.1) is 6.54 Å². The molecule has 0 aliphatic carbocycles. The summed E-state index contributed by atoms with van der Waals surface area (Å²) in [5.74, 6) is 0.648. The number of benzene rings is 1. The Hall–Kier alpha value is -0.620. The number of amides is 1. The van der Waals surface area contributed by atoms with E-state index in [9.17, 15) is 4.79 Å². The molecule has 2 rings (SSSR count). The minimum atomic E-state index is 0. The molecule has 1 aliphatic heterocycles. The van der Waals surface area contributed by atoms with Gasteiger partial charge in [0.25, 0.3) is 0 Å². The van der Waals surface area contributed by atoms with E-state index in [0.717, 1.165) is 41.7 Å². The van der Waals surface area contributed by atoms with E-state index >= 15 is 0 Å². The van der Waals surface area contributed by atoms with Gasteiger partial charge in [0.2, 0.25) is 5.91 Å². The molecule has 0 radical (unpaired) electrons. The van der Waals surface area contributed by atoms with Crippen molar-refractivity contribution in [1.82, 2.24) is 4.90 Å². The van der Waals surface area contributed by atoms with E-state index in [2.05, 4.69) is 33.1 Å². The van der Waals surface area contributed by atoms with Crippen LogP contribution in [0.4, 0.5) is 5.69 Å². The second-order valence-electron chi connectivity index (χ2n) is 5.98. The molecular weight excluding hydrogens is 366 g/mol. The van der Waals surface area contributed by atoms with Crippen LogP contribution in [0.5, 0.6) is 0 Å². The highest BCUT2D eigenvalue weighted by Gasteiger charge is 2.23. The first kappa shape index (κ1) is 19.4. The minimum absolute atomic E-state index is 0. The van der Waals surface area contributed by atoms with Crippen molar-refractivity contribution >= 4 is 39.9 Å². The van der Waals surface area contributed by atoms with Crippen LogP contribution in [0.15, 0.2) is 22.7 Å². The fourth-order valence-corrected chi connectivity index (χ4v) is 3.01. The number of nitrogens with zero attached hydrogens (tertiary/aromatic N) is 1. The lowest BCUT2D eigenvalue weighted by molar-refractivity contribution is -0.117. The Kier molecular flexibility index (Phi) is 7.83. The molecule has 0 bridgehead atoms. The summed E-state index contributed by atoms with van der Waals surface area (Å²) in [5.41, 5.74) is 7.91. The summed E-state index contributed by atoms with van der Waals surface area (Å²) in [6.45, 7) is 6.46. The van der Waals surface area contributed by atoms with Crippen LogP contribution in [0.25, 0.3) is 0 Å². The average molecular weight is 391 g/mol. The van der Waals surface area contributed by atoms with Gasteiger partial charge in [0.1, 0.15) is 0 Å². The van der Waals surface area contributed by atoms with E-state index in [0.29, 0.717) is 12.5 Å². The van der Waals surface area contributed by atoms with Crippen molar-refractivity contribution in [2.45, 2.75) is 32.7 Å². The second-order valence-corrected chi connectivity index (χ2v) is 6.84. The molecule has 22 heavy (non-hydrogen) atoms. The van der Waals surface area contributed by atoms with Crippen LogP contribution in [-0.2, 0) is 4.79 Å². The Morgan fingerprint density at radius 3 is 2.64 bits per heavy atom. The first-order valence-corrected chi connectivity index (χ1v) is 8.29. The molecule has 0 aromatic heterocycles. The quantitative estimate of drug-likeness (QED) is 0.830. The Bertz CT molecular complexity index is 502. The maximum Gasteiger partial charge on any atom is 0.238 e. The third-order valence-corrected chi connectivity index (χ3v) is 5.07. The zero-order valence-electron chi connectivity index (χ0n) is 13.1. The van der Waals surface area contributed by atoms with Crippen molar-refractivity contribution in [2.24, 2.45) is 11.7 Å². The molecule has 0 saturated carbocycles. The van der Waals surface area contributed by atoms with Crippen LogP contribution >= 0.6 is 28.3 Å². The van der Waals surface area contributed by atoms with E-state index in [4.69, 9.17) is 5.73 Å². The summed E-state index contributed by atoms with van der Waals surface area (Å²) < 4.78 is 1.05. The van der Waals surface area contributed by atoms with Crippen molar-refractivity contribution in [3.8, 4) is 0 Å². The molecule has 124 valence electrons. The number of piperidine rings is 1. The van der Waals surface area contributed by atoms with Gasteiger partial charge in [-0.25, -0.2) is 0 Å². The number of likely N-dealkylation sites (tertiary alicyclic amines) is 1. The van der Waals surface area contributed by atoms with Crippen molar-refractivity contribution in [2.75, 3.05) is 25.0 Å². The third-order valence-electron chi connectivity index (χ3n) is 4.18. The molecule has 3 N–H and O–H groups in total. The molecule has 1 aliphatic rings. The average Bonchev–Trinajstić information content (AvgIpc) is 2.43. The van der Waals surface area contributed by atoms with Gasteiger partial charge in [-0.3, -0.25) is 9.69 Å². The lowest BCUT2D eigenvalue weighted by Gasteiger charge is -2.33. The molecule has 1 saturated heterocycles. The summed E-state index contributed by atoms with van der Waals surface area (Å²) in [6.07, 6.45) is 2.17. The summed E-state index contributed by atoms with van der Waals surface area (Å²) in [4.78, 5) is 14.3. The molecule has 1 aromatic carbocycles. The molecule has 0 spiro atoms. The van der Waals surface area contributed by atoms with Gasteiger partial charge < -0.3 is 11.1 Å². The van der Waals surface area contributed by atoms with E-state index in [-0.39, 0.29) is 24.4 Å². The van der Waals surface area contributed by atoms with Crippen molar-refractivity contribution in [3.05, 3.63) is 28.2 Å². The first-order chi connectivity index (χ1) is 9.95. The molecule has 1 unspecified atom stereocenters. The molecule has 4 nitrogen and oxygen atoms in total. The highest BCUT2D eigenvalue weighted by atomic mass is 79.9. The maximum atomic E-state index is 12.1. The number of halogens is 2. The zero-order chi connectivity index (χ0) is 15.4. The van der Waals surface area contributed by atoms with Crippen LogP contribution in [0, 0.1) is 12.8 Å². The van der Waals surface area contributed by atoms with E-state index < -0.39 is 0 Å². The number of hydrogen-bond donors (Lipinski definition) is 2. The van der Waals surface area contributed by atoms with Gasteiger partial charge >= 0.3 is 0 Å². The standard InChI is InChI=1S/C16H24BrN3O.ClH/c1-11-9-14(3-4-15(11)17)19-16(21)10-20-7-5-13(6-8-20)12(2)18;/h3-4,9,12-13H,5-8,10,18H2,1-2H3,(H,19,21);1H. The number of aryl methyl sites for hydroxylation is 1. The number of carbonyl (C=O) groups excluding carboxylic acids is 1. The van der Waals surface area contributed by atoms with Gasteiger partial charge in [-0.05, 0) is 69.5 Å². The molecule has 1 amide bonds. The number of hydrogen-bond acceptors (Lipinski definition) is 3. The predicted octanol–water partition coefficient (Wildman–Crippen LogP) is 3.18. The first-order valence-electron chi connectivity index (χ1n) is 7.49. The summed E-state index contributed by atoms with van der Waals surface area (Å²) in [6, 6.07) is 6.10. The van der Waals surface area contributed by atoms with Crippen molar-refractivity contribution < 1.29 is 4.79 Å². The summed E-state index contributed by atoms with van der Waals surface area (Å²) in [7, 11) is 0. The lowest BCUT2D eigenvalue weighted by atomic mass is 9.91. The fourth-order valence-electron chi connectivity index (χ4n) is 2.76. The molecule has 1 aromatic rings. The smallest absolute Gasteiger partial charge is 0.238 e. The van der Waals surface area contributed by atoms with Crippen LogP contribution in [0.2, 0.25) is 0 Å². The van der Waals surface area contributed by atoms with Gasteiger partial charge in [0, 0.05) is 16.2 Å². The maximum absolute atomic E-state index is 12.1. The Balaban J connectivity index is 0.00000242. The normalized spacial score (nSPS) is 17.6. The van der Waals surface area contributed by atoms with Crippen LogP contribution < -0.4 is 11.1 Å². The monoisotopic (exact) mass is 389 g/mol. The largest absolute Gasteiger partial charge is 0.328 e. The number of carbonyl (C=O) groups is 1. The molecule has 1 atom stereocenters. The number of nitrogens with two attached hydrogens (primary N) is 1. The zero-order valence-corrected chi connectivity index (χ0v) is 15.5. The molecular formula is C16H25BrClN3O. The minimum Gasteiger partial charge on any atom is -0.328 e. The highest BCUT2D eigenvalue weighted by molar-refractivity contribution is 9.10. The van der Waals surface area contributed by atoms with E-state index in [1.807, 2.05) is 25.1 Å². The second kappa shape index (κ2) is 8.87. The van der Waals surface area contributed by atoms with Crippen LogP contribution in [-0.4, -0.2) is 36.5 Å². The summed E-state index contributed by atoms with van der Waals surface area (Å²) >= 11 is 3.46. The Morgan fingerprint density at radius 2 is 2.09 bits per heavy atom. The van der Waals surface area contributed by atoms with Crippen molar-refractivity contribution in [3.63, 3.8) is 0 Å². The Labute approximate surface area is 147 Å². The van der Waals surface area contributed by atoms with Crippen molar-refractivity contribution in [1.29, 1.82) is 0 Å². The van der Waals surface area contributed by atoms with E-state index in [1.165, 1.54) is 0 Å². The predicted molar refractivity (Wildman–Crippen MR) is 97.6 cm³/mol. The molecule has 1 heterocycles. The lowest BCUT2D eigenvalue weighted by Crippen LogP contribution is -2.42. The topological polar surface area (TPSA) is 58.4 Å². The van der Waals surface area contributed by atoms with Gasteiger partial charge in [-0.1, -0.05) is 15.9 Å². The SMILES string of the molecule is Cc1cc(NC(=O)CN2CCC(C(C)N)CC2)ccc1Br.Cl. The Morgan fingerprint density at radius 1 is 1.45 bits per heavy atom. The number of nitrogens with one attached hydrogen (secondary N) is 1. The van der Waals surface area contributed by atoms with Crippen LogP contribution in [0.3, 0.4) is 0 Å². The molecule has 6 heteroatoms. The summed E-state index contributed by atoms with van der Waals surface area (Å²) in [5, 5.41) is 2.97. The number of rotatable bonds is 4.